The highest BCUT2D eigenvalue weighted by Crippen LogP contribution is 2.18. The molecule has 0 saturated carbocycles. The van der Waals surface area contributed by atoms with E-state index in [-0.39, 0.29) is 18.4 Å². The molecule has 2 unspecified atom stereocenters. The van der Waals surface area contributed by atoms with Gasteiger partial charge in [-0.2, -0.15) is 0 Å². The first-order chi connectivity index (χ1) is 6.94. The van der Waals surface area contributed by atoms with Gasteiger partial charge >= 0.3 is 0 Å². The Kier molecular flexibility index (Phi) is 3.68. The van der Waals surface area contributed by atoms with Crippen LogP contribution in [0.2, 0.25) is 0 Å². The number of amides is 2. The van der Waals surface area contributed by atoms with Gasteiger partial charge in [0.05, 0.1) is 5.54 Å². The Morgan fingerprint density at radius 1 is 1.60 bits per heavy atom. The van der Waals surface area contributed by atoms with Crippen LogP contribution >= 0.6 is 0 Å². The summed E-state index contributed by atoms with van der Waals surface area (Å²) in [4.78, 5) is 22.5. The zero-order valence-corrected chi connectivity index (χ0v) is 9.30. The van der Waals surface area contributed by atoms with Crippen molar-refractivity contribution in [3.63, 3.8) is 0 Å². The van der Waals surface area contributed by atoms with E-state index in [0.717, 1.165) is 19.4 Å². The Morgan fingerprint density at radius 2 is 2.27 bits per heavy atom. The van der Waals surface area contributed by atoms with E-state index in [2.05, 4.69) is 10.6 Å². The first-order valence-corrected chi connectivity index (χ1v) is 5.28. The van der Waals surface area contributed by atoms with Crippen LogP contribution < -0.4 is 16.4 Å². The third-order valence-corrected chi connectivity index (χ3v) is 2.75. The van der Waals surface area contributed by atoms with Crippen LogP contribution in [0.1, 0.15) is 33.1 Å². The average molecular weight is 213 g/mol. The lowest BCUT2D eigenvalue weighted by atomic mass is 9.99. The number of carbonyl (C=O) groups excluding carboxylic acids is 2. The van der Waals surface area contributed by atoms with Gasteiger partial charge in [0.2, 0.25) is 11.8 Å². The zero-order chi connectivity index (χ0) is 11.5. The van der Waals surface area contributed by atoms with Crippen molar-refractivity contribution in [1.82, 2.24) is 10.6 Å². The van der Waals surface area contributed by atoms with Crippen molar-refractivity contribution in [2.45, 2.75) is 44.7 Å². The second-order valence-corrected chi connectivity index (χ2v) is 4.41. The lowest BCUT2D eigenvalue weighted by Gasteiger charge is -2.25. The molecule has 4 N–H and O–H groups in total. The second-order valence-electron chi connectivity index (χ2n) is 4.41. The minimum atomic E-state index is -0.480. The molecule has 1 heterocycles. The van der Waals surface area contributed by atoms with Crippen LogP contribution in [0, 0.1) is 0 Å². The number of nitrogens with one attached hydrogen (secondary N) is 2. The number of hydrogen-bond donors (Lipinski definition) is 3. The minimum absolute atomic E-state index is 0.0475. The Bertz CT molecular complexity index is 259. The highest BCUT2D eigenvalue weighted by Gasteiger charge is 2.36. The van der Waals surface area contributed by atoms with E-state index in [0.29, 0.717) is 0 Å². The molecule has 1 aliphatic heterocycles. The SMILES string of the molecule is CC(CC(N)=O)NC(=O)C1(C)CCCN1. The quantitative estimate of drug-likeness (QED) is 0.589. The summed E-state index contributed by atoms with van der Waals surface area (Å²) < 4.78 is 0. The van der Waals surface area contributed by atoms with Crippen molar-refractivity contribution in [2.75, 3.05) is 6.54 Å². The van der Waals surface area contributed by atoms with Crippen LogP contribution in [-0.2, 0) is 9.59 Å². The number of carbonyl (C=O) groups is 2. The number of nitrogens with two attached hydrogens (primary N) is 1. The fraction of sp³-hybridized carbons (Fsp3) is 0.800. The normalized spacial score (nSPS) is 27.3. The molecule has 1 fully saturated rings. The smallest absolute Gasteiger partial charge is 0.240 e. The molecule has 5 heteroatoms. The third kappa shape index (κ3) is 3.20. The molecule has 0 aromatic heterocycles. The maximum absolute atomic E-state index is 11.8. The highest BCUT2D eigenvalue weighted by molar-refractivity contribution is 5.87. The van der Waals surface area contributed by atoms with E-state index in [9.17, 15) is 9.59 Å². The summed E-state index contributed by atoms with van der Waals surface area (Å²) in [6.45, 7) is 4.53. The molecule has 0 radical (unpaired) electrons. The third-order valence-electron chi connectivity index (χ3n) is 2.75. The fourth-order valence-electron chi connectivity index (χ4n) is 1.82. The summed E-state index contributed by atoms with van der Waals surface area (Å²) in [6.07, 6.45) is 2.03. The van der Waals surface area contributed by atoms with E-state index in [1.807, 2.05) is 6.92 Å². The predicted octanol–water partition coefficient (Wildman–Crippen LogP) is -0.491. The van der Waals surface area contributed by atoms with Gasteiger partial charge in [-0.25, -0.2) is 0 Å². The molecule has 2 atom stereocenters. The van der Waals surface area contributed by atoms with Crippen molar-refractivity contribution in [2.24, 2.45) is 5.73 Å². The van der Waals surface area contributed by atoms with Gasteiger partial charge < -0.3 is 16.4 Å². The van der Waals surface area contributed by atoms with Gasteiger partial charge in [-0.15, -0.1) is 0 Å². The molecular weight excluding hydrogens is 194 g/mol. The first kappa shape index (κ1) is 12.0. The van der Waals surface area contributed by atoms with E-state index in [1.54, 1.807) is 6.92 Å². The monoisotopic (exact) mass is 213 g/mol. The largest absolute Gasteiger partial charge is 0.370 e. The molecule has 15 heavy (non-hydrogen) atoms. The zero-order valence-electron chi connectivity index (χ0n) is 9.30. The lowest BCUT2D eigenvalue weighted by molar-refractivity contribution is -0.127. The standard InChI is InChI=1S/C10H19N3O2/c1-7(6-8(11)14)13-9(15)10(2)4-3-5-12-10/h7,12H,3-6H2,1-2H3,(H2,11,14)(H,13,15). The van der Waals surface area contributed by atoms with E-state index >= 15 is 0 Å². The molecule has 0 aromatic carbocycles. The van der Waals surface area contributed by atoms with Crippen molar-refractivity contribution >= 4 is 11.8 Å². The Hall–Kier alpha value is -1.10. The van der Waals surface area contributed by atoms with Gasteiger partial charge in [0.1, 0.15) is 0 Å². The first-order valence-electron chi connectivity index (χ1n) is 5.28. The van der Waals surface area contributed by atoms with Crippen molar-refractivity contribution in [3.05, 3.63) is 0 Å². The van der Waals surface area contributed by atoms with Gasteiger partial charge in [0.15, 0.2) is 0 Å². The molecule has 1 aliphatic rings. The van der Waals surface area contributed by atoms with E-state index in [1.165, 1.54) is 0 Å². The van der Waals surface area contributed by atoms with Gasteiger partial charge in [0, 0.05) is 12.5 Å². The van der Waals surface area contributed by atoms with Gasteiger partial charge in [0.25, 0.3) is 0 Å². The lowest BCUT2D eigenvalue weighted by Crippen LogP contribution is -2.53. The molecule has 0 aliphatic carbocycles. The fourth-order valence-corrected chi connectivity index (χ4v) is 1.82. The van der Waals surface area contributed by atoms with Crippen LogP contribution in [0.5, 0.6) is 0 Å². The summed E-state index contributed by atoms with van der Waals surface area (Å²) in [7, 11) is 0. The summed E-state index contributed by atoms with van der Waals surface area (Å²) >= 11 is 0. The molecule has 1 rings (SSSR count). The van der Waals surface area contributed by atoms with Crippen molar-refractivity contribution < 1.29 is 9.59 Å². The molecule has 0 spiro atoms. The van der Waals surface area contributed by atoms with Crippen LogP contribution in [0.4, 0.5) is 0 Å². The molecule has 1 saturated heterocycles. The van der Waals surface area contributed by atoms with Gasteiger partial charge in [-0.05, 0) is 33.2 Å². The van der Waals surface area contributed by atoms with Crippen LogP contribution in [-0.4, -0.2) is 29.9 Å². The van der Waals surface area contributed by atoms with Crippen LogP contribution in [0.25, 0.3) is 0 Å². The Balaban J connectivity index is 2.44. The molecule has 2 amide bonds. The summed E-state index contributed by atoms with van der Waals surface area (Å²) in [5, 5.41) is 5.95. The molecule has 0 bridgehead atoms. The maximum atomic E-state index is 11.8. The summed E-state index contributed by atoms with van der Waals surface area (Å²) in [5.41, 5.74) is 4.57. The summed E-state index contributed by atoms with van der Waals surface area (Å²) in [6, 6.07) is -0.200. The molecule has 86 valence electrons. The topological polar surface area (TPSA) is 84.2 Å². The van der Waals surface area contributed by atoms with Crippen LogP contribution in [0.3, 0.4) is 0 Å². The highest BCUT2D eigenvalue weighted by atomic mass is 16.2. The number of primary amides is 1. The summed E-state index contributed by atoms with van der Waals surface area (Å²) in [5.74, 6) is -0.443. The predicted molar refractivity (Wildman–Crippen MR) is 57.1 cm³/mol. The average Bonchev–Trinajstić information content (AvgIpc) is 2.51. The van der Waals surface area contributed by atoms with Crippen molar-refractivity contribution in [1.29, 1.82) is 0 Å². The van der Waals surface area contributed by atoms with E-state index < -0.39 is 11.4 Å². The van der Waals surface area contributed by atoms with Gasteiger partial charge in [-0.3, -0.25) is 9.59 Å². The second kappa shape index (κ2) is 4.61. The Labute approximate surface area is 89.8 Å². The van der Waals surface area contributed by atoms with Crippen molar-refractivity contribution in [3.8, 4) is 0 Å². The molecule has 5 nitrogen and oxygen atoms in total. The Morgan fingerprint density at radius 3 is 2.73 bits per heavy atom. The molecular formula is C10H19N3O2. The van der Waals surface area contributed by atoms with Crippen LogP contribution in [0.15, 0.2) is 0 Å². The number of hydrogen-bond acceptors (Lipinski definition) is 3. The van der Waals surface area contributed by atoms with E-state index in [4.69, 9.17) is 5.73 Å². The molecule has 0 aromatic rings. The van der Waals surface area contributed by atoms with Gasteiger partial charge in [-0.1, -0.05) is 0 Å². The maximum Gasteiger partial charge on any atom is 0.240 e. The minimum Gasteiger partial charge on any atom is -0.370 e. The number of rotatable bonds is 4.